The summed E-state index contributed by atoms with van der Waals surface area (Å²) in [4.78, 5) is 23.2. The van der Waals surface area contributed by atoms with Crippen LogP contribution < -0.4 is 5.32 Å². The SMILES string of the molecule is CCCc1cc(C(=O)OCC(=O)NCc2ccco2)n[nH]1. The van der Waals surface area contributed by atoms with Crippen LogP contribution >= 0.6 is 0 Å². The Morgan fingerprint density at radius 1 is 1.48 bits per heavy atom. The molecule has 0 aromatic carbocycles. The first-order valence-corrected chi connectivity index (χ1v) is 6.69. The fourth-order valence-corrected chi connectivity index (χ4v) is 1.72. The Morgan fingerprint density at radius 2 is 2.33 bits per heavy atom. The second-order valence-electron chi connectivity index (χ2n) is 4.46. The first kappa shape index (κ1) is 14.8. The third-order valence-electron chi connectivity index (χ3n) is 2.73. The molecule has 7 nitrogen and oxygen atoms in total. The summed E-state index contributed by atoms with van der Waals surface area (Å²) in [6, 6.07) is 5.10. The zero-order chi connectivity index (χ0) is 15.1. The molecule has 2 rings (SSSR count). The van der Waals surface area contributed by atoms with Crippen molar-refractivity contribution in [1.29, 1.82) is 0 Å². The molecule has 0 spiro atoms. The van der Waals surface area contributed by atoms with Crippen LogP contribution in [0, 0.1) is 0 Å². The van der Waals surface area contributed by atoms with E-state index in [9.17, 15) is 9.59 Å². The molecule has 0 atom stereocenters. The number of amides is 1. The van der Waals surface area contributed by atoms with E-state index in [1.165, 1.54) is 6.26 Å². The van der Waals surface area contributed by atoms with Crippen LogP contribution in [0.2, 0.25) is 0 Å². The zero-order valence-electron chi connectivity index (χ0n) is 11.7. The zero-order valence-corrected chi connectivity index (χ0v) is 11.7. The van der Waals surface area contributed by atoms with Crippen molar-refractivity contribution < 1.29 is 18.7 Å². The Labute approximate surface area is 121 Å². The highest BCUT2D eigenvalue weighted by Gasteiger charge is 2.13. The Kier molecular flexibility index (Phi) is 5.14. The Balaban J connectivity index is 1.73. The number of H-pyrrole nitrogens is 1. The molecule has 0 aliphatic heterocycles. The van der Waals surface area contributed by atoms with Gasteiger partial charge in [-0.15, -0.1) is 0 Å². The maximum atomic E-state index is 11.7. The Morgan fingerprint density at radius 3 is 3.05 bits per heavy atom. The predicted octanol–water partition coefficient (Wildman–Crippen LogP) is 1.43. The quantitative estimate of drug-likeness (QED) is 0.752. The largest absolute Gasteiger partial charge is 0.467 e. The van der Waals surface area contributed by atoms with E-state index < -0.39 is 11.9 Å². The van der Waals surface area contributed by atoms with Crippen LogP contribution in [0.25, 0.3) is 0 Å². The monoisotopic (exact) mass is 291 g/mol. The molecular formula is C14H17N3O4. The number of aromatic amines is 1. The summed E-state index contributed by atoms with van der Waals surface area (Å²) in [6.07, 6.45) is 3.28. The van der Waals surface area contributed by atoms with Gasteiger partial charge in [0.2, 0.25) is 0 Å². The van der Waals surface area contributed by atoms with Gasteiger partial charge >= 0.3 is 5.97 Å². The van der Waals surface area contributed by atoms with Gasteiger partial charge < -0.3 is 14.5 Å². The highest BCUT2D eigenvalue weighted by Crippen LogP contribution is 2.04. The number of esters is 1. The van der Waals surface area contributed by atoms with Gasteiger partial charge in [0.15, 0.2) is 12.3 Å². The van der Waals surface area contributed by atoms with Gasteiger partial charge in [0.1, 0.15) is 5.76 Å². The van der Waals surface area contributed by atoms with Crippen molar-refractivity contribution >= 4 is 11.9 Å². The maximum Gasteiger partial charge on any atom is 0.359 e. The minimum atomic E-state index is -0.623. The van der Waals surface area contributed by atoms with E-state index in [1.54, 1.807) is 18.2 Å². The van der Waals surface area contributed by atoms with Gasteiger partial charge in [-0.3, -0.25) is 9.89 Å². The van der Waals surface area contributed by atoms with Crippen molar-refractivity contribution in [3.8, 4) is 0 Å². The fourth-order valence-electron chi connectivity index (χ4n) is 1.72. The minimum Gasteiger partial charge on any atom is -0.467 e. The number of carbonyl (C=O) groups excluding carboxylic acids is 2. The number of hydrogen-bond acceptors (Lipinski definition) is 5. The lowest BCUT2D eigenvalue weighted by atomic mass is 10.2. The highest BCUT2D eigenvalue weighted by molar-refractivity contribution is 5.89. The van der Waals surface area contributed by atoms with Crippen molar-refractivity contribution in [2.24, 2.45) is 0 Å². The van der Waals surface area contributed by atoms with Crippen LogP contribution in [0.3, 0.4) is 0 Å². The standard InChI is InChI=1S/C14H17N3O4/c1-2-4-10-7-12(17-16-10)14(19)21-9-13(18)15-8-11-5-3-6-20-11/h3,5-7H,2,4,8-9H2,1H3,(H,15,18)(H,16,17). The van der Waals surface area contributed by atoms with E-state index in [4.69, 9.17) is 9.15 Å². The third-order valence-corrected chi connectivity index (χ3v) is 2.73. The molecule has 0 fully saturated rings. The summed E-state index contributed by atoms with van der Waals surface area (Å²) < 4.78 is 9.96. The van der Waals surface area contributed by atoms with E-state index >= 15 is 0 Å². The van der Waals surface area contributed by atoms with Gasteiger partial charge in [-0.2, -0.15) is 5.10 Å². The number of aryl methyl sites for hydroxylation is 1. The molecule has 0 saturated carbocycles. The second-order valence-corrected chi connectivity index (χ2v) is 4.46. The van der Waals surface area contributed by atoms with Crippen LogP contribution in [0.4, 0.5) is 0 Å². The summed E-state index contributed by atoms with van der Waals surface area (Å²) in [5.41, 5.74) is 1.05. The van der Waals surface area contributed by atoms with Crippen LogP contribution in [0.5, 0.6) is 0 Å². The van der Waals surface area contributed by atoms with Crippen molar-refractivity contribution in [2.75, 3.05) is 6.61 Å². The first-order valence-electron chi connectivity index (χ1n) is 6.69. The number of aromatic nitrogens is 2. The average Bonchev–Trinajstić information content (AvgIpc) is 3.14. The number of furan rings is 1. The van der Waals surface area contributed by atoms with Gasteiger partial charge in [0, 0.05) is 5.69 Å². The first-order chi connectivity index (χ1) is 10.2. The average molecular weight is 291 g/mol. The second kappa shape index (κ2) is 7.28. The lowest BCUT2D eigenvalue weighted by Gasteiger charge is -2.03. The highest BCUT2D eigenvalue weighted by atomic mass is 16.5. The molecule has 21 heavy (non-hydrogen) atoms. The molecule has 0 aliphatic rings. The smallest absolute Gasteiger partial charge is 0.359 e. The van der Waals surface area contributed by atoms with Gasteiger partial charge in [-0.1, -0.05) is 13.3 Å². The van der Waals surface area contributed by atoms with Crippen LogP contribution in [-0.4, -0.2) is 28.7 Å². The molecule has 0 unspecified atom stereocenters. The summed E-state index contributed by atoms with van der Waals surface area (Å²) in [5, 5.41) is 9.19. The molecule has 0 aliphatic carbocycles. The van der Waals surface area contributed by atoms with Gasteiger partial charge in [0.25, 0.3) is 5.91 Å². The van der Waals surface area contributed by atoms with Gasteiger partial charge in [-0.25, -0.2) is 4.79 Å². The minimum absolute atomic E-state index is 0.178. The van der Waals surface area contributed by atoms with Crippen LogP contribution in [0.1, 0.15) is 35.3 Å². The van der Waals surface area contributed by atoms with E-state index in [2.05, 4.69) is 15.5 Å². The number of ether oxygens (including phenoxy) is 1. The summed E-state index contributed by atoms with van der Waals surface area (Å²) in [6.45, 7) is 1.93. The van der Waals surface area contributed by atoms with E-state index in [1.807, 2.05) is 6.92 Å². The number of nitrogens with one attached hydrogen (secondary N) is 2. The lowest BCUT2D eigenvalue weighted by Crippen LogP contribution is -2.28. The molecule has 2 heterocycles. The van der Waals surface area contributed by atoms with Crippen molar-refractivity contribution in [3.05, 3.63) is 41.6 Å². The fraction of sp³-hybridized carbons (Fsp3) is 0.357. The van der Waals surface area contributed by atoms with E-state index in [0.717, 1.165) is 18.5 Å². The van der Waals surface area contributed by atoms with Crippen molar-refractivity contribution in [3.63, 3.8) is 0 Å². The Bertz CT molecular complexity index is 589. The molecular weight excluding hydrogens is 274 g/mol. The van der Waals surface area contributed by atoms with Gasteiger partial charge in [-0.05, 0) is 24.6 Å². The molecule has 2 aromatic rings. The van der Waals surface area contributed by atoms with Crippen LogP contribution in [-0.2, 0) is 22.5 Å². The van der Waals surface area contributed by atoms with E-state index in [-0.39, 0.29) is 18.8 Å². The summed E-state index contributed by atoms with van der Waals surface area (Å²) in [5.74, 6) is -0.392. The molecule has 7 heteroatoms. The lowest BCUT2D eigenvalue weighted by molar-refractivity contribution is -0.124. The molecule has 2 N–H and O–H groups in total. The molecule has 1 amide bonds. The number of nitrogens with zero attached hydrogens (tertiary/aromatic N) is 1. The Hall–Kier alpha value is -2.57. The topological polar surface area (TPSA) is 97.2 Å². The molecule has 2 aromatic heterocycles. The summed E-state index contributed by atoms with van der Waals surface area (Å²) in [7, 11) is 0. The number of hydrogen-bond donors (Lipinski definition) is 2. The van der Waals surface area contributed by atoms with Crippen molar-refractivity contribution in [1.82, 2.24) is 15.5 Å². The maximum absolute atomic E-state index is 11.7. The predicted molar refractivity (Wildman–Crippen MR) is 73.4 cm³/mol. The van der Waals surface area contributed by atoms with Gasteiger partial charge in [0.05, 0.1) is 12.8 Å². The summed E-state index contributed by atoms with van der Waals surface area (Å²) >= 11 is 0. The molecule has 0 radical (unpaired) electrons. The number of carbonyl (C=O) groups is 2. The third kappa shape index (κ3) is 4.48. The van der Waals surface area contributed by atoms with Crippen LogP contribution in [0.15, 0.2) is 28.9 Å². The van der Waals surface area contributed by atoms with Crippen molar-refractivity contribution in [2.45, 2.75) is 26.3 Å². The molecule has 112 valence electrons. The molecule has 0 bridgehead atoms. The van der Waals surface area contributed by atoms with E-state index in [0.29, 0.717) is 5.76 Å². The normalized spacial score (nSPS) is 10.3. The number of rotatable bonds is 7. The molecule has 0 saturated heterocycles.